The Morgan fingerprint density at radius 1 is 1.17 bits per heavy atom. The Balaban J connectivity index is 1.82. The molecule has 0 fully saturated rings. The molecule has 1 atom stereocenters. The standard InChI is InChI=1S/C16H26O2/c17-16(18)14-8-6-4-2-1-3-5-7-11-15-12-9-10-13-15/h1-2,9,12,15H,3-8,10-11,13-14H2,(H,17,18). The third-order valence-corrected chi connectivity index (χ3v) is 3.49. The van der Waals surface area contributed by atoms with Crippen LogP contribution in [0.1, 0.15) is 64.2 Å². The van der Waals surface area contributed by atoms with Crippen molar-refractivity contribution >= 4 is 5.97 Å². The first-order valence-electron chi connectivity index (χ1n) is 7.32. The van der Waals surface area contributed by atoms with E-state index in [-0.39, 0.29) is 0 Å². The highest BCUT2D eigenvalue weighted by Crippen LogP contribution is 2.22. The van der Waals surface area contributed by atoms with Crippen molar-refractivity contribution in [1.29, 1.82) is 0 Å². The molecule has 102 valence electrons. The summed E-state index contributed by atoms with van der Waals surface area (Å²) in [6.45, 7) is 0. The topological polar surface area (TPSA) is 37.3 Å². The molecule has 1 unspecified atom stereocenters. The summed E-state index contributed by atoms with van der Waals surface area (Å²) in [6, 6.07) is 0. The summed E-state index contributed by atoms with van der Waals surface area (Å²) in [5, 5.41) is 8.48. The SMILES string of the molecule is O=C(O)CCCCC=CCCCCC1C=CCC1. The second kappa shape index (κ2) is 9.93. The Labute approximate surface area is 111 Å². The van der Waals surface area contributed by atoms with Crippen LogP contribution in [0.15, 0.2) is 24.3 Å². The minimum Gasteiger partial charge on any atom is -0.481 e. The minimum absolute atomic E-state index is 0.308. The highest BCUT2D eigenvalue weighted by atomic mass is 16.4. The van der Waals surface area contributed by atoms with Crippen molar-refractivity contribution in [3.8, 4) is 0 Å². The normalized spacial score (nSPS) is 18.8. The molecule has 2 heteroatoms. The van der Waals surface area contributed by atoms with E-state index in [1.807, 2.05) is 0 Å². The molecule has 0 aliphatic heterocycles. The van der Waals surface area contributed by atoms with Crippen LogP contribution >= 0.6 is 0 Å². The number of carboxylic acid groups (broad SMARTS) is 1. The molecule has 0 spiro atoms. The molecule has 1 rings (SSSR count). The first-order valence-corrected chi connectivity index (χ1v) is 7.32. The number of hydrogen-bond acceptors (Lipinski definition) is 1. The van der Waals surface area contributed by atoms with Gasteiger partial charge in [0.1, 0.15) is 0 Å². The average Bonchev–Trinajstić information content (AvgIpc) is 2.84. The van der Waals surface area contributed by atoms with Crippen LogP contribution in [0.3, 0.4) is 0 Å². The molecule has 0 aromatic rings. The van der Waals surface area contributed by atoms with E-state index in [4.69, 9.17) is 5.11 Å². The quantitative estimate of drug-likeness (QED) is 0.450. The van der Waals surface area contributed by atoms with Gasteiger partial charge in [0, 0.05) is 6.42 Å². The summed E-state index contributed by atoms with van der Waals surface area (Å²) >= 11 is 0. The summed E-state index contributed by atoms with van der Waals surface area (Å²) in [7, 11) is 0. The Morgan fingerprint density at radius 3 is 2.50 bits per heavy atom. The van der Waals surface area contributed by atoms with Gasteiger partial charge in [-0.2, -0.15) is 0 Å². The molecule has 18 heavy (non-hydrogen) atoms. The van der Waals surface area contributed by atoms with Crippen molar-refractivity contribution in [3.63, 3.8) is 0 Å². The molecule has 0 aromatic carbocycles. The van der Waals surface area contributed by atoms with Gasteiger partial charge in [0.2, 0.25) is 0 Å². The summed E-state index contributed by atoms with van der Waals surface area (Å²) in [4.78, 5) is 10.3. The molecular formula is C16H26O2. The maximum atomic E-state index is 10.3. The Bertz CT molecular complexity index is 279. The molecule has 0 amide bonds. The van der Waals surface area contributed by atoms with Crippen LogP contribution < -0.4 is 0 Å². The van der Waals surface area contributed by atoms with Gasteiger partial charge in [-0.1, -0.05) is 30.7 Å². The van der Waals surface area contributed by atoms with E-state index in [1.54, 1.807) is 0 Å². The van der Waals surface area contributed by atoms with Crippen LogP contribution in [-0.4, -0.2) is 11.1 Å². The predicted octanol–water partition coefficient (Wildman–Crippen LogP) is 4.71. The van der Waals surface area contributed by atoms with Crippen LogP contribution in [0.25, 0.3) is 0 Å². The van der Waals surface area contributed by atoms with Crippen molar-refractivity contribution in [1.82, 2.24) is 0 Å². The van der Waals surface area contributed by atoms with Crippen molar-refractivity contribution in [3.05, 3.63) is 24.3 Å². The minimum atomic E-state index is -0.681. The second-order valence-corrected chi connectivity index (χ2v) is 5.16. The summed E-state index contributed by atoms with van der Waals surface area (Å²) in [5.41, 5.74) is 0. The number of allylic oxidation sites excluding steroid dienone is 4. The monoisotopic (exact) mass is 250 g/mol. The summed E-state index contributed by atoms with van der Waals surface area (Å²) in [5.74, 6) is 0.171. The fourth-order valence-electron chi connectivity index (χ4n) is 2.38. The number of unbranched alkanes of at least 4 members (excludes halogenated alkanes) is 4. The van der Waals surface area contributed by atoms with E-state index in [2.05, 4.69) is 24.3 Å². The Kier molecular flexibility index (Phi) is 8.28. The van der Waals surface area contributed by atoms with E-state index in [1.165, 1.54) is 38.5 Å². The molecule has 0 bridgehead atoms. The second-order valence-electron chi connectivity index (χ2n) is 5.16. The Hall–Kier alpha value is -1.05. The van der Waals surface area contributed by atoms with Crippen LogP contribution in [0, 0.1) is 5.92 Å². The van der Waals surface area contributed by atoms with Gasteiger partial charge in [0.15, 0.2) is 0 Å². The van der Waals surface area contributed by atoms with E-state index >= 15 is 0 Å². The molecule has 0 radical (unpaired) electrons. The van der Waals surface area contributed by atoms with Gasteiger partial charge in [0.25, 0.3) is 0 Å². The van der Waals surface area contributed by atoms with E-state index < -0.39 is 5.97 Å². The molecule has 0 saturated carbocycles. The number of hydrogen-bond donors (Lipinski definition) is 1. The summed E-state index contributed by atoms with van der Waals surface area (Å²) < 4.78 is 0. The predicted molar refractivity (Wildman–Crippen MR) is 75.6 cm³/mol. The fourth-order valence-corrected chi connectivity index (χ4v) is 2.38. The van der Waals surface area contributed by atoms with Crippen LogP contribution in [0.2, 0.25) is 0 Å². The van der Waals surface area contributed by atoms with Crippen LogP contribution in [0.4, 0.5) is 0 Å². The van der Waals surface area contributed by atoms with E-state index in [9.17, 15) is 4.79 Å². The Morgan fingerprint density at radius 2 is 1.89 bits per heavy atom. The first-order chi connectivity index (χ1) is 8.79. The summed E-state index contributed by atoms with van der Waals surface area (Å²) in [6.07, 6.45) is 20.1. The fraction of sp³-hybridized carbons (Fsp3) is 0.688. The largest absolute Gasteiger partial charge is 0.481 e. The lowest BCUT2D eigenvalue weighted by atomic mass is 10.0. The van der Waals surface area contributed by atoms with Gasteiger partial charge in [0.05, 0.1) is 0 Å². The lowest BCUT2D eigenvalue weighted by Gasteiger charge is -2.05. The lowest BCUT2D eigenvalue weighted by Crippen LogP contribution is -1.92. The highest BCUT2D eigenvalue weighted by Gasteiger charge is 2.07. The molecule has 0 aromatic heterocycles. The van der Waals surface area contributed by atoms with Crippen molar-refractivity contribution < 1.29 is 9.90 Å². The third-order valence-electron chi connectivity index (χ3n) is 3.49. The van der Waals surface area contributed by atoms with Gasteiger partial charge in [-0.15, -0.1) is 0 Å². The van der Waals surface area contributed by atoms with Gasteiger partial charge in [-0.3, -0.25) is 4.79 Å². The molecular weight excluding hydrogens is 224 g/mol. The molecule has 1 N–H and O–H groups in total. The zero-order valence-corrected chi connectivity index (χ0v) is 11.3. The maximum absolute atomic E-state index is 10.3. The van der Waals surface area contributed by atoms with Crippen molar-refractivity contribution in [2.24, 2.45) is 5.92 Å². The van der Waals surface area contributed by atoms with Gasteiger partial charge in [-0.25, -0.2) is 0 Å². The molecule has 1 aliphatic carbocycles. The molecule has 2 nitrogen and oxygen atoms in total. The molecule has 0 heterocycles. The van der Waals surface area contributed by atoms with Crippen molar-refractivity contribution in [2.75, 3.05) is 0 Å². The van der Waals surface area contributed by atoms with Crippen LogP contribution in [0.5, 0.6) is 0 Å². The first kappa shape index (κ1) is 15.0. The highest BCUT2D eigenvalue weighted by molar-refractivity contribution is 5.66. The third kappa shape index (κ3) is 8.10. The molecule has 1 aliphatic rings. The lowest BCUT2D eigenvalue weighted by molar-refractivity contribution is -0.137. The van der Waals surface area contributed by atoms with Crippen molar-refractivity contribution in [2.45, 2.75) is 64.2 Å². The van der Waals surface area contributed by atoms with Gasteiger partial charge < -0.3 is 5.11 Å². The number of carbonyl (C=O) groups is 1. The van der Waals surface area contributed by atoms with E-state index in [0.29, 0.717) is 6.42 Å². The number of carboxylic acids is 1. The smallest absolute Gasteiger partial charge is 0.303 e. The van der Waals surface area contributed by atoms with Gasteiger partial charge >= 0.3 is 5.97 Å². The average molecular weight is 250 g/mol. The van der Waals surface area contributed by atoms with Gasteiger partial charge in [-0.05, 0) is 57.3 Å². The van der Waals surface area contributed by atoms with E-state index in [0.717, 1.165) is 25.2 Å². The zero-order valence-electron chi connectivity index (χ0n) is 11.3. The van der Waals surface area contributed by atoms with Crippen LogP contribution in [-0.2, 0) is 4.79 Å². The zero-order chi connectivity index (χ0) is 13.1. The number of rotatable bonds is 10. The maximum Gasteiger partial charge on any atom is 0.303 e. The molecule has 0 saturated heterocycles. The number of aliphatic carboxylic acids is 1.